The molecule has 0 saturated heterocycles. The highest BCUT2D eigenvalue weighted by Crippen LogP contribution is 2.15. The van der Waals surface area contributed by atoms with Crippen LogP contribution in [0.5, 0.6) is 0 Å². The third kappa shape index (κ3) is 6.99. The minimum atomic E-state index is -0.791. The van der Waals surface area contributed by atoms with Crippen molar-refractivity contribution >= 4 is 30.6 Å². The van der Waals surface area contributed by atoms with Gasteiger partial charge in [0.15, 0.2) is 0 Å². The SMILES string of the molecule is C=Cc1ccc(C(=O)OCCCC(=O)OC(C)(C)S)cc1. The van der Waals surface area contributed by atoms with Crippen molar-refractivity contribution in [2.45, 2.75) is 31.6 Å². The first-order valence-corrected chi connectivity index (χ1v) is 7.10. The van der Waals surface area contributed by atoms with E-state index in [1.807, 2.05) is 0 Å². The van der Waals surface area contributed by atoms with E-state index in [1.54, 1.807) is 44.2 Å². The molecule has 21 heavy (non-hydrogen) atoms. The Hall–Kier alpha value is -1.75. The zero-order valence-electron chi connectivity index (χ0n) is 12.3. The summed E-state index contributed by atoms with van der Waals surface area (Å²) < 4.78 is 10.1. The van der Waals surface area contributed by atoms with Crippen molar-refractivity contribution < 1.29 is 19.1 Å². The second-order valence-electron chi connectivity index (χ2n) is 4.99. The molecule has 0 spiro atoms. The molecule has 4 nitrogen and oxygen atoms in total. The molecule has 0 N–H and O–H groups in total. The zero-order chi connectivity index (χ0) is 15.9. The molecular weight excluding hydrogens is 288 g/mol. The summed E-state index contributed by atoms with van der Waals surface area (Å²) in [5.41, 5.74) is 1.41. The van der Waals surface area contributed by atoms with Crippen LogP contribution in [0, 0.1) is 0 Å². The predicted octanol–water partition coefficient (Wildman–Crippen LogP) is 3.48. The Labute approximate surface area is 130 Å². The molecule has 0 unspecified atom stereocenters. The summed E-state index contributed by atoms with van der Waals surface area (Å²) in [5, 5.41) is 0. The van der Waals surface area contributed by atoms with Crippen molar-refractivity contribution in [3.05, 3.63) is 42.0 Å². The highest BCUT2D eigenvalue weighted by Gasteiger charge is 2.17. The molecule has 0 aliphatic rings. The summed E-state index contributed by atoms with van der Waals surface area (Å²) in [5.74, 6) is -0.769. The minimum absolute atomic E-state index is 0.171. The summed E-state index contributed by atoms with van der Waals surface area (Å²) in [4.78, 5) is 22.4. The molecule has 0 bridgehead atoms. The van der Waals surface area contributed by atoms with Gasteiger partial charge in [0.25, 0.3) is 0 Å². The first kappa shape index (κ1) is 17.3. The van der Waals surface area contributed by atoms with E-state index in [0.29, 0.717) is 12.0 Å². The topological polar surface area (TPSA) is 52.6 Å². The predicted molar refractivity (Wildman–Crippen MR) is 85.2 cm³/mol. The lowest BCUT2D eigenvalue weighted by Gasteiger charge is -2.18. The second-order valence-corrected chi connectivity index (χ2v) is 6.06. The van der Waals surface area contributed by atoms with Crippen molar-refractivity contribution in [1.29, 1.82) is 0 Å². The van der Waals surface area contributed by atoms with Crippen LogP contribution in [0.4, 0.5) is 0 Å². The van der Waals surface area contributed by atoms with Gasteiger partial charge in [-0.05, 0) is 38.0 Å². The molecule has 0 heterocycles. The minimum Gasteiger partial charge on any atom is -0.462 e. The van der Waals surface area contributed by atoms with Crippen LogP contribution in [0.1, 0.15) is 42.6 Å². The van der Waals surface area contributed by atoms with Crippen LogP contribution in [0.15, 0.2) is 30.8 Å². The summed E-state index contributed by atoms with van der Waals surface area (Å²) in [6.07, 6.45) is 2.30. The second kappa shape index (κ2) is 7.88. The maximum Gasteiger partial charge on any atom is 0.338 e. The summed E-state index contributed by atoms with van der Waals surface area (Å²) in [6.45, 7) is 7.18. The molecule has 0 saturated carbocycles. The number of benzene rings is 1. The Morgan fingerprint density at radius 3 is 2.43 bits per heavy atom. The molecule has 1 rings (SSSR count). The zero-order valence-corrected chi connectivity index (χ0v) is 13.2. The van der Waals surface area contributed by atoms with Gasteiger partial charge in [-0.15, -0.1) is 12.6 Å². The molecule has 0 aliphatic carbocycles. The Balaban J connectivity index is 2.30. The molecular formula is C16H20O4S. The van der Waals surface area contributed by atoms with Crippen LogP contribution in [-0.2, 0) is 14.3 Å². The van der Waals surface area contributed by atoms with Crippen molar-refractivity contribution in [3.8, 4) is 0 Å². The fourth-order valence-corrected chi connectivity index (χ4v) is 1.65. The van der Waals surface area contributed by atoms with Crippen LogP contribution >= 0.6 is 12.6 Å². The number of thiol groups is 1. The highest BCUT2D eigenvalue weighted by molar-refractivity contribution is 7.81. The highest BCUT2D eigenvalue weighted by atomic mass is 32.1. The Morgan fingerprint density at radius 1 is 1.29 bits per heavy atom. The van der Waals surface area contributed by atoms with Gasteiger partial charge in [0, 0.05) is 6.42 Å². The number of hydrogen-bond acceptors (Lipinski definition) is 5. The van der Waals surface area contributed by atoms with E-state index in [0.717, 1.165) is 5.56 Å². The average molecular weight is 308 g/mol. The number of rotatable bonds is 7. The molecule has 0 fully saturated rings. The molecule has 0 atom stereocenters. The Bertz CT molecular complexity index is 500. The van der Waals surface area contributed by atoms with E-state index in [1.165, 1.54) is 0 Å². The number of carbonyl (C=O) groups excluding carboxylic acids is 2. The average Bonchev–Trinajstić information content (AvgIpc) is 2.41. The van der Waals surface area contributed by atoms with Crippen molar-refractivity contribution in [2.24, 2.45) is 0 Å². The van der Waals surface area contributed by atoms with Crippen LogP contribution in [0.25, 0.3) is 6.08 Å². The van der Waals surface area contributed by atoms with Gasteiger partial charge >= 0.3 is 11.9 Å². The number of esters is 2. The maximum absolute atomic E-state index is 11.7. The van der Waals surface area contributed by atoms with Gasteiger partial charge in [0.2, 0.25) is 0 Å². The van der Waals surface area contributed by atoms with Gasteiger partial charge < -0.3 is 9.47 Å². The van der Waals surface area contributed by atoms with E-state index in [-0.39, 0.29) is 19.0 Å². The molecule has 0 aromatic heterocycles. The molecule has 0 aliphatic heterocycles. The molecule has 1 aromatic rings. The van der Waals surface area contributed by atoms with E-state index < -0.39 is 10.9 Å². The van der Waals surface area contributed by atoms with Gasteiger partial charge in [-0.3, -0.25) is 4.79 Å². The molecule has 0 amide bonds. The third-order valence-electron chi connectivity index (χ3n) is 2.50. The lowest BCUT2D eigenvalue weighted by Crippen LogP contribution is -2.21. The van der Waals surface area contributed by atoms with Gasteiger partial charge in [0.1, 0.15) is 4.93 Å². The quantitative estimate of drug-likeness (QED) is 0.363. The first-order valence-electron chi connectivity index (χ1n) is 6.65. The van der Waals surface area contributed by atoms with E-state index in [4.69, 9.17) is 9.47 Å². The lowest BCUT2D eigenvalue weighted by atomic mass is 10.1. The molecule has 1 aromatic carbocycles. The summed E-state index contributed by atoms with van der Waals surface area (Å²) in [7, 11) is 0. The van der Waals surface area contributed by atoms with Crippen LogP contribution in [0.3, 0.4) is 0 Å². The number of hydrogen-bond donors (Lipinski definition) is 1. The standard InChI is InChI=1S/C16H20O4S/c1-4-12-7-9-13(10-8-12)15(18)19-11-5-6-14(17)20-16(2,3)21/h4,7-10,21H,1,5-6,11H2,2-3H3. The van der Waals surface area contributed by atoms with Gasteiger partial charge in [-0.25, -0.2) is 4.79 Å². The fraction of sp³-hybridized carbons (Fsp3) is 0.375. The summed E-state index contributed by atoms with van der Waals surface area (Å²) >= 11 is 4.10. The van der Waals surface area contributed by atoms with Gasteiger partial charge in [-0.2, -0.15) is 0 Å². The van der Waals surface area contributed by atoms with Gasteiger partial charge in [0.05, 0.1) is 12.2 Å². The number of carbonyl (C=O) groups is 2. The summed E-state index contributed by atoms with van der Waals surface area (Å²) in [6, 6.07) is 6.93. The van der Waals surface area contributed by atoms with Crippen molar-refractivity contribution in [1.82, 2.24) is 0 Å². The molecule has 0 radical (unpaired) electrons. The smallest absolute Gasteiger partial charge is 0.338 e. The third-order valence-corrected chi connectivity index (χ3v) is 2.60. The van der Waals surface area contributed by atoms with Crippen molar-refractivity contribution in [3.63, 3.8) is 0 Å². The lowest BCUT2D eigenvalue weighted by molar-refractivity contribution is -0.149. The Morgan fingerprint density at radius 2 is 1.90 bits per heavy atom. The fourth-order valence-electron chi connectivity index (χ4n) is 1.55. The maximum atomic E-state index is 11.7. The van der Waals surface area contributed by atoms with Crippen LogP contribution in [-0.4, -0.2) is 23.5 Å². The van der Waals surface area contributed by atoms with Crippen molar-refractivity contribution in [2.75, 3.05) is 6.61 Å². The van der Waals surface area contributed by atoms with E-state index >= 15 is 0 Å². The molecule has 5 heteroatoms. The Kier molecular flexibility index (Phi) is 6.49. The first-order chi connectivity index (χ1) is 9.81. The monoisotopic (exact) mass is 308 g/mol. The largest absolute Gasteiger partial charge is 0.462 e. The van der Waals surface area contributed by atoms with Crippen LogP contribution < -0.4 is 0 Å². The molecule has 114 valence electrons. The van der Waals surface area contributed by atoms with E-state index in [2.05, 4.69) is 19.2 Å². The van der Waals surface area contributed by atoms with Crippen LogP contribution in [0.2, 0.25) is 0 Å². The number of ether oxygens (including phenoxy) is 2. The normalized spacial score (nSPS) is 10.8. The van der Waals surface area contributed by atoms with Gasteiger partial charge in [-0.1, -0.05) is 24.8 Å². The van der Waals surface area contributed by atoms with E-state index in [9.17, 15) is 9.59 Å².